The molecular formula is C21H25N7O2. The second-order valence-electron chi connectivity index (χ2n) is 7.54. The lowest BCUT2D eigenvalue weighted by Gasteiger charge is -2.39. The molecular weight excluding hydrogens is 382 g/mol. The van der Waals surface area contributed by atoms with Crippen molar-refractivity contribution in [3.05, 3.63) is 42.7 Å². The van der Waals surface area contributed by atoms with Crippen LogP contribution in [0.15, 0.2) is 42.7 Å². The van der Waals surface area contributed by atoms with E-state index in [1.165, 1.54) is 6.33 Å². The van der Waals surface area contributed by atoms with E-state index in [0.29, 0.717) is 35.6 Å². The second kappa shape index (κ2) is 7.58. The van der Waals surface area contributed by atoms with Gasteiger partial charge in [0.1, 0.15) is 23.4 Å². The van der Waals surface area contributed by atoms with Crippen LogP contribution < -0.4 is 30.7 Å². The zero-order valence-corrected chi connectivity index (χ0v) is 17.4. The molecule has 2 heterocycles. The van der Waals surface area contributed by atoms with E-state index in [1.807, 2.05) is 49.1 Å². The van der Waals surface area contributed by atoms with Gasteiger partial charge in [0.2, 0.25) is 11.9 Å². The van der Waals surface area contributed by atoms with Crippen LogP contribution in [0.2, 0.25) is 0 Å². The van der Waals surface area contributed by atoms with Crippen LogP contribution >= 0.6 is 0 Å². The number of anilines is 6. The van der Waals surface area contributed by atoms with E-state index in [4.69, 9.17) is 15.2 Å². The number of benzene rings is 2. The number of para-hydroxylation sites is 2. The number of nitrogens with one attached hydrogen (secondary N) is 2. The van der Waals surface area contributed by atoms with E-state index >= 15 is 0 Å². The van der Waals surface area contributed by atoms with Gasteiger partial charge in [-0.15, -0.1) is 0 Å². The van der Waals surface area contributed by atoms with Crippen LogP contribution in [0.25, 0.3) is 0 Å². The maximum atomic E-state index is 6.11. The Labute approximate surface area is 175 Å². The summed E-state index contributed by atoms with van der Waals surface area (Å²) in [6.45, 7) is 4.67. The van der Waals surface area contributed by atoms with Crippen LogP contribution in [0.1, 0.15) is 13.8 Å². The molecule has 2 aromatic carbocycles. The van der Waals surface area contributed by atoms with Gasteiger partial charge in [0, 0.05) is 13.1 Å². The summed E-state index contributed by atoms with van der Waals surface area (Å²) in [7, 11) is 3.40. The van der Waals surface area contributed by atoms with Crippen molar-refractivity contribution in [2.75, 3.05) is 42.0 Å². The zero-order valence-electron chi connectivity index (χ0n) is 17.4. The van der Waals surface area contributed by atoms with Crippen molar-refractivity contribution in [2.24, 2.45) is 0 Å². The van der Waals surface area contributed by atoms with Crippen molar-refractivity contribution in [3.63, 3.8) is 0 Å². The Morgan fingerprint density at radius 1 is 1.17 bits per heavy atom. The fraction of sp³-hybridized carbons (Fsp3) is 0.286. The van der Waals surface area contributed by atoms with Gasteiger partial charge in [0.15, 0.2) is 0 Å². The standard InChI is InChI=1S/C21H25N7O2/c1-21(2)11-28(16-7-5-6-8-17(16)30-21)20-25-12-24-19(27-20)26-15-9-13(22)14(23-3)10-18(15)29-4/h5-10,12,23H,11,22H2,1-4H3,(H,24,25,26,27). The highest BCUT2D eigenvalue weighted by molar-refractivity contribution is 5.78. The minimum atomic E-state index is -0.394. The number of hydrogen-bond donors (Lipinski definition) is 3. The van der Waals surface area contributed by atoms with E-state index in [1.54, 1.807) is 20.2 Å². The van der Waals surface area contributed by atoms with Crippen molar-refractivity contribution in [2.45, 2.75) is 19.4 Å². The fourth-order valence-corrected chi connectivity index (χ4v) is 3.42. The first-order chi connectivity index (χ1) is 14.4. The Bertz CT molecular complexity index is 1070. The predicted molar refractivity (Wildman–Crippen MR) is 118 cm³/mol. The average molecular weight is 407 g/mol. The molecule has 156 valence electrons. The number of nitrogens with two attached hydrogens (primary N) is 1. The molecule has 9 nitrogen and oxygen atoms in total. The van der Waals surface area contributed by atoms with Gasteiger partial charge in [-0.25, -0.2) is 9.97 Å². The number of fused-ring (bicyclic) bond motifs is 1. The molecule has 0 unspecified atom stereocenters. The van der Waals surface area contributed by atoms with E-state index in [2.05, 4.69) is 25.6 Å². The molecule has 1 aliphatic heterocycles. The van der Waals surface area contributed by atoms with Crippen molar-refractivity contribution >= 4 is 34.6 Å². The molecule has 4 N–H and O–H groups in total. The van der Waals surface area contributed by atoms with Crippen LogP contribution in [0.3, 0.4) is 0 Å². The minimum Gasteiger partial charge on any atom is -0.494 e. The Morgan fingerprint density at radius 2 is 1.97 bits per heavy atom. The van der Waals surface area contributed by atoms with E-state index in [9.17, 15) is 0 Å². The van der Waals surface area contributed by atoms with Crippen LogP contribution in [0.5, 0.6) is 11.5 Å². The van der Waals surface area contributed by atoms with Gasteiger partial charge in [-0.05, 0) is 32.0 Å². The first-order valence-corrected chi connectivity index (χ1v) is 9.57. The summed E-state index contributed by atoms with van der Waals surface area (Å²) in [6, 6.07) is 11.4. The number of hydrogen-bond acceptors (Lipinski definition) is 9. The fourth-order valence-electron chi connectivity index (χ4n) is 3.42. The lowest BCUT2D eigenvalue weighted by Crippen LogP contribution is -2.45. The van der Waals surface area contributed by atoms with Gasteiger partial charge in [-0.2, -0.15) is 4.98 Å². The topological polar surface area (TPSA) is 110 Å². The summed E-state index contributed by atoms with van der Waals surface area (Å²) in [6.07, 6.45) is 1.48. The van der Waals surface area contributed by atoms with E-state index in [0.717, 1.165) is 17.1 Å². The highest BCUT2D eigenvalue weighted by atomic mass is 16.5. The van der Waals surface area contributed by atoms with Crippen LogP contribution in [0.4, 0.5) is 34.6 Å². The largest absolute Gasteiger partial charge is 0.494 e. The summed E-state index contributed by atoms with van der Waals surface area (Å²) in [5, 5.41) is 6.22. The van der Waals surface area contributed by atoms with Gasteiger partial charge >= 0.3 is 0 Å². The molecule has 3 aromatic rings. The molecule has 0 atom stereocenters. The number of rotatable bonds is 5. The maximum Gasteiger partial charge on any atom is 0.234 e. The predicted octanol–water partition coefficient (Wildman–Crippen LogP) is 3.56. The molecule has 0 amide bonds. The molecule has 30 heavy (non-hydrogen) atoms. The first kappa shape index (κ1) is 19.6. The molecule has 0 radical (unpaired) electrons. The third-order valence-electron chi connectivity index (χ3n) is 4.77. The number of aromatic nitrogens is 3. The van der Waals surface area contributed by atoms with Crippen molar-refractivity contribution in [1.82, 2.24) is 15.0 Å². The van der Waals surface area contributed by atoms with Crippen molar-refractivity contribution < 1.29 is 9.47 Å². The molecule has 9 heteroatoms. The Balaban J connectivity index is 1.69. The monoisotopic (exact) mass is 407 g/mol. The Kier molecular flexibility index (Phi) is 4.94. The lowest BCUT2D eigenvalue weighted by atomic mass is 10.1. The Hall–Kier alpha value is -3.75. The molecule has 0 saturated heterocycles. The third-order valence-corrected chi connectivity index (χ3v) is 4.77. The first-order valence-electron chi connectivity index (χ1n) is 9.57. The van der Waals surface area contributed by atoms with E-state index < -0.39 is 5.60 Å². The molecule has 1 aromatic heterocycles. The number of ether oxygens (including phenoxy) is 2. The van der Waals surface area contributed by atoms with Gasteiger partial charge in [-0.3, -0.25) is 0 Å². The highest BCUT2D eigenvalue weighted by Gasteiger charge is 2.33. The number of nitrogen functional groups attached to an aromatic ring is 1. The van der Waals surface area contributed by atoms with Crippen LogP contribution in [-0.4, -0.2) is 41.3 Å². The van der Waals surface area contributed by atoms with Gasteiger partial charge < -0.3 is 30.7 Å². The highest BCUT2D eigenvalue weighted by Crippen LogP contribution is 2.40. The average Bonchev–Trinajstić information content (AvgIpc) is 2.73. The van der Waals surface area contributed by atoms with E-state index in [-0.39, 0.29) is 0 Å². The summed E-state index contributed by atoms with van der Waals surface area (Å²) in [4.78, 5) is 15.3. The normalized spacial score (nSPS) is 14.5. The Morgan fingerprint density at radius 3 is 2.73 bits per heavy atom. The minimum absolute atomic E-state index is 0.386. The molecule has 4 rings (SSSR count). The number of methoxy groups -OCH3 is 1. The summed E-state index contributed by atoms with van der Waals surface area (Å²) < 4.78 is 11.6. The molecule has 0 bridgehead atoms. The molecule has 0 fully saturated rings. The van der Waals surface area contributed by atoms with Crippen LogP contribution in [-0.2, 0) is 0 Å². The zero-order chi connectivity index (χ0) is 21.3. The third kappa shape index (κ3) is 3.73. The van der Waals surface area contributed by atoms with Gasteiger partial charge in [0.25, 0.3) is 0 Å². The van der Waals surface area contributed by atoms with Crippen molar-refractivity contribution in [1.29, 1.82) is 0 Å². The smallest absolute Gasteiger partial charge is 0.234 e. The molecule has 1 aliphatic rings. The summed E-state index contributed by atoms with van der Waals surface area (Å²) >= 11 is 0. The van der Waals surface area contributed by atoms with Gasteiger partial charge in [-0.1, -0.05) is 12.1 Å². The van der Waals surface area contributed by atoms with Crippen LogP contribution in [0, 0.1) is 0 Å². The summed E-state index contributed by atoms with van der Waals surface area (Å²) in [5.74, 6) is 2.32. The maximum absolute atomic E-state index is 6.11. The quantitative estimate of drug-likeness (QED) is 0.547. The molecule has 0 aliphatic carbocycles. The second-order valence-corrected chi connectivity index (χ2v) is 7.54. The SMILES string of the molecule is CNc1cc(OC)c(Nc2ncnc(N3CC(C)(C)Oc4ccccc43)n2)cc1N. The molecule has 0 spiro atoms. The van der Waals surface area contributed by atoms with Gasteiger partial charge in [0.05, 0.1) is 36.4 Å². The summed E-state index contributed by atoms with van der Waals surface area (Å²) in [5.41, 5.74) is 8.65. The lowest BCUT2D eigenvalue weighted by molar-refractivity contribution is 0.108. The number of nitrogens with zero attached hydrogens (tertiary/aromatic N) is 4. The molecule has 0 saturated carbocycles. The van der Waals surface area contributed by atoms with Crippen molar-refractivity contribution in [3.8, 4) is 11.5 Å².